The van der Waals surface area contributed by atoms with E-state index in [0.717, 1.165) is 62.9 Å². The highest BCUT2D eigenvalue weighted by Gasteiger charge is 2.27. The average Bonchev–Trinajstić information content (AvgIpc) is 3.53. The number of carbonyl (C=O) groups excluding carboxylic acids is 4. The van der Waals surface area contributed by atoms with Gasteiger partial charge in [-0.2, -0.15) is 0 Å². The fourth-order valence-corrected chi connectivity index (χ4v) is 7.03. The SMILES string of the molecule is O=C1C=CC(=O)c2c1ccc1c3ccccc3n(CCCCCn3c4ccccc4c4ccc5c(c43)C(=O)C=CC5=O)c21. The number of benzene rings is 4. The zero-order chi connectivity index (χ0) is 29.2. The lowest BCUT2D eigenvalue weighted by atomic mass is 9.92. The van der Waals surface area contributed by atoms with Crippen LogP contribution in [0.4, 0.5) is 0 Å². The average molecular weight is 563 g/mol. The minimum atomic E-state index is -0.141. The molecule has 208 valence electrons. The van der Waals surface area contributed by atoms with Crippen molar-refractivity contribution in [3.05, 3.63) is 119 Å². The van der Waals surface area contributed by atoms with Crippen LogP contribution in [0, 0.1) is 0 Å². The summed E-state index contributed by atoms with van der Waals surface area (Å²) < 4.78 is 4.39. The summed E-state index contributed by atoms with van der Waals surface area (Å²) in [5, 5.41) is 4.10. The molecule has 43 heavy (non-hydrogen) atoms. The summed E-state index contributed by atoms with van der Waals surface area (Å²) in [7, 11) is 0. The van der Waals surface area contributed by atoms with E-state index in [1.807, 2.05) is 36.4 Å². The van der Waals surface area contributed by atoms with Gasteiger partial charge in [0.25, 0.3) is 0 Å². The van der Waals surface area contributed by atoms with Gasteiger partial charge in [-0.15, -0.1) is 0 Å². The molecule has 0 bridgehead atoms. The van der Waals surface area contributed by atoms with Crippen LogP contribution < -0.4 is 0 Å². The van der Waals surface area contributed by atoms with Crippen LogP contribution in [-0.4, -0.2) is 32.3 Å². The molecule has 0 aliphatic heterocycles. The number of para-hydroxylation sites is 2. The van der Waals surface area contributed by atoms with E-state index in [1.54, 1.807) is 12.1 Å². The molecule has 2 aliphatic rings. The molecule has 0 amide bonds. The van der Waals surface area contributed by atoms with E-state index < -0.39 is 0 Å². The second kappa shape index (κ2) is 9.60. The molecule has 0 saturated heterocycles. The topological polar surface area (TPSA) is 78.1 Å². The van der Waals surface area contributed by atoms with Crippen molar-refractivity contribution >= 4 is 66.7 Å². The summed E-state index contributed by atoms with van der Waals surface area (Å²) in [4.78, 5) is 51.3. The predicted octanol–water partition coefficient (Wildman–Crippen LogP) is 7.64. The Bertz CT molecular complexity index is 2130. The van der Waals surface area contributed by atoms with Gasteiger partial charge in [0, 0.05) is 56.8 Å². The highest BCUT2D eigenvalue weighted by molar-refractivity contribution is 6.29. The molecule has 8 rings (SSSR count). The Morgan fingerprint density at radius 3 is 1.30 bits per heavy atom. The molecule has 0 N–H and O–H groups in total. The molecule has 0 radical (unpaired) electrons. The van der Waals surface area contributed by atoms with Gasteiger partial charge >= 0.3 is 0 Å². The standard InChI is InChI=1S/C37H26N2O4/c40-30-16-18-32(42)34-26(30)14-12-24-22-8-2-4-10-28(22)38(36(24)34)20-6-1-7-21-39-29-11-5-3-9-23(29)25-13-15-27-31(41)17-19-33(43)35(27)37(25)39/h2-5,8-19H,1,6-7,20-21H2. The van der Waals surface area contributed by atoms with E-state index in [-0.39, 0.29) is 23.1 Å². The molecule has 6 aromatic rings. The number of fused-ring (bicyclic) bond motifs is 10. The van der Waals surface area contributed by atoms with Gasteiger partial charge in [0.05, 0.1) is 22.2 Å². The van der Waals surface area contributed by atoms with Gasteiger partial charge < -0.3 is 9.13 Å². The van der Waals surface area contributed by atoms with Gasteiger partial charge in [0.15, 0.2) is 23.1 Å². The first-order valence-corrected chi connectivity index (χ1v) is 14.6. The second-order valence-corrected chi connectivity index (χ2v) is 11.3. The maximum atomic E-state index is 13.0. The lowest BCUT2D eigenvalue weighted by molar-refractivity contribution is 0.0995. The number of ketones is 4. The second-order valence-electron chi connectivity index (χ2n) is 11.3. The molecular formula is C37H26N2O4. The van der Waals surface area contributed by atoms with Gasteiger partial charge in [0.2, 0.25) is 0 Å². The third-order valence-corrected chi connectivity index (χ3v) is 8.93. The normalized spacial score (nSPS) is 14.5. The zero-order valence-electron chi connectivity index (χ0n) is 23.3. The third-order valence-electron chi connectivity index (χ3n) is 8.93. The fraction of sp³-hybridized carbons (Fsp3) is 0.135. The summed E-state index contributed by atoms with van der Waals surface area (Å²) in [6.07, 6.45) is 8.11. The van der Waals surface area contributed by atoms with Crippen LogP contribution in [0.25, 0.3) is 43.6 Å². The van der Waals surface area contributed by atoms with E-state index in [4.69, 9.17) is 0 Å². The van der Waals surface area contributed by atoms with E-state index in [1.165, 1.54) is 24.3 Å². The van der Waals surface area contributed by atoms with Crippen LogP contribution in [0.1, 0.15) is 60.7 Å². The van der Waals surface area contributed by atoms with E-state index in [2.05, 4.69) is 33.4 Å². The summed E-state index contributed by atoms with van der Waals surface area (Å²) in [6.45, 7) is 1.40. The van der Waals surface area contributed by atoms with Crippen molar-refractivity contribution in [2.75, 3.05) is 0 Å². The molecule has 0 saturated carbocycles. The molecule has 2 heterocycles. The molecule has 0 spiro atoms. The number of hydrogen-bond donors (Lipinski definition) is 0. The van der Waals surface area contributed by atoms with Gasteiger partial charge in [-0.05, 0) is 67.8 Å². The lowest BCUT2D eigenvalue weighted by Crippen LogP contribution is -2.14. The minimum Gasteiger partial charge on any atom is -0.340 e. The first kappa shape index (κ1) is 25.4. The fourth-order valence-electron chi connectivity index (χ4n) is 7.03. The summed E-state index contributed by atoms with van der Waals surface area (Å²) in [6, 6.07) is 23.7. The quantitative estimate of drug-likeness (QED) is 0.195. The van der Waals surface area contributed by atoms with Crippen LogP contribution in [0.15, 0.2) is 97.1 Å². The molecular weight excluding hydrogens is 536 g/mol. The van der Waals surface area contributed by atoms with Crippen LogP contribution in [0.5, 0.6) is 0 Å². The Morgan fingerprint density at radius 1 is 0.419 bits per heavy atom. The highest BCUT2D eigenvalue weighted by Crippen LogP contribution is 2.37. The van der Waals surface area contributed by atoms with Crippen molar-refractivity contribution in [1.82, 2.24) is 9.13 Å². The third kappa shape index (κ3) is 3.73. The molecule has 0 unspecified atom stereocenters. The number of aryl methyl sites for hydroxylation is 2. The van der Waals surface area contributed by atoms with Crippen molar-refractivity contribution in [1.29, 1.82) is 0 Å². The van der Waals surface area contributed by atoms with Crippen molar-refractivity contribution < 1.29 is 19.2 Å². The maximum Gasteiger partial charge on any atom is 0.188 e. The minimum absolute atomic E-state index is 0.137. The van der Waals surface area contributed by atoms with Crippen LogP contribution in [0.2, 0.25) is 0 Å². The molecule has 4 aromatic carbocycles. The van der Waals surface area contributed by atoms with Crippen molar-refractivity contribution in [3.8, 4) is 0 Å². The lowest BCUT2D eigenvalue weighted by Gasteiger charge is -2.15. The van der Waals surface area contributed by atoms with Crippen molar-refractivity contribution in [2.45, 2.75) is 32.4 Å². The van der Waals surface area contributed by atoms with Gasteiger partial charge in [-0.3, -0.25) is 19.2 Å². The van der Waals surface area contributed by atoms with E-state index in [0.29, 0.717) is 35.3 Å². The largest absolute Gasteiger partial charge is 0.340 e. The highest BCUT2D eigenvalue weighted by atomic mass is 16.1. The van der Waals surface area contributed by atoms with Gasteiger partial charge in [-0.25, -0.2) is 0 Å². The molecule has 6 heteroatoms. The Balaban J connectivity index is 1.12. The van der Waals surface area contributed by atoms with E-state index >= 15 is 0 Å². The monoisotopic (exact) mass is 562 g/mol. The number of rotatable bonds is 6. The number of aromatic nitrogens is 2. The Morgan fingerprint density at radius 2 is 0.837 bits per heavy atom. The van der Waals surface area contributed by atoms with Crippen molar-refractivity contribution in [3.63, 3.8) is 0 Å². The number of unbranched alkanes of at least 4 members (excludes halogenated alkanes) is 2. The molecule has 0 fully saturated rings. The first-order chi connectivity index (χ1) is 21.0. The summed E-state index contributed by atoms with van der Waals surface area (Å²) in [5.74, 6) is -0.557. The Hall–Kier alpha value is -5.36. The van der Waals surface area contributed by atoms with Gasteiger partial charge in [0.1, 0.15) is 0 Å². The molecule has 6 nitrogen and oxygen atoms in total. The van der Waals surface area contributed by atoms with Crippen LogP contribution in [0.3, 0.4) is 0 Å². The summed E-state index contributed by atoms with van der Waals surface area (Å²) in [5.41, 5.74) is 5.65. The number of carbonyl (C=O) groups is 4. The van der Waals surface area contributed by atoms with E-state index in [9.17, 15) is 19.2 Å². The Kier molecular flexibility index (Phi) is 5.66. The smallest absolute Gasteiger partial charge is 0.188 e. The number of hydrogen-bond acceptors (Lipinski definition) is 4. The Labute approximate surface area is 246 Å². The molecule has 2 aromatic heterocycles. The summed E-state index contributed by atoms with van der Waals surface area (Å²) >= 11 is 0. The molecule has 0 atom stereocenters. The molecule has 2 aliphatic carbocycles. The number of allylic oxidation sites excluding steroid dienone is 4. The zero-order valence-corrected chi connectivity index (χ0v) is 23.3. The maximum absolute atomic E-state index is 13.0. The van der Waals surface area contributed by atoms with Crippen LogP contribution in [-0.2, 0) is 13.1 Å². The number of nitrogens with zero attached hydrogens (tertiary/aromatic N) is 2. The van der Waals surface area contributed by atoms with Crippen molar-refractivity contribution in [2.24, 2.45) is 0 Å². The van der Waals surface area contributed by atoms with Gasteiger partial charge in [-0.1, -0.05) is 48.5 Å². The predicted molar refractivity (Wildman–Crippen MR) is 168 cm³/mol. The first-order valence-electron chi connectivity index (χ1n) is 14.6. The van der Waals surface area contributed by atoms with Crippen LogP contribution >= 0.6 is 0 Å².